The van der Waals surface area contributed by atoms with Crippen molar-refractivity contribution >= 4 is 12.0 Å². The van der Waals surface area contributed by atoms with Crippen LogP contribution in [0.2, 0.25) is 0 Å². The Balaban J connectivity index is 1.79. The molecule has 0 N–H and O–H groups in total. The van der Waals surface area contributed by atoms with Gasteiger partial charge in [0.1, 0.15) is 5.60 Å². The lowest BCUT2D eigenvalue weighted by atomic mass is 9.71. The van der Waals surface area contributed by atoms with Gasteiger partial charge < -0.3 is 14.5 Å². The van der Waals surface area contributed by atoms with Crippen molar-refractivity contribution in [2.24, 2.45) is 0 Å². The van der Waals surface area contributed by atoms with Crippen LogP contribution in [0.25, 0.3) is 0 Å². The molecule has 5 heteroatoms. The highest BCUT2D eigenvalue weighted by Crippen LogP contribution is 2.38. The van der Waals surface area contributed by atoms with Crippen molar-refractivity contribution in [3.8, 4) is 0 Å². The minimum Gasteiger partial charge on any atom is -0.444 e. The summed E-state index contributed by atoms with van der Waals surface area (Å²) in [6.45, 7) is 8.42. The molecule has 1 aromatic rings. The first-order valence-corrected chi connectivity index (χ1v) is 9.65. The standard InChI is InChI=1S/C21H30N2O3/c1-20(2,3)26-19(25)23-15-11-21(12-16-23,17-9-5-4-6-10-17)18(24)22-13-7-8-14-22/h4-6,9-10H,7-8,11-16H2,1-3H3. The predicted octanol–water partition coefficient (Wildman–Crippen LogP) is 3.58. The van der Waals surface area contributed by atoms with E-state index in [1.807, 2.05) is 43.9 Å². The van der Waals surface area contributed by atoms with Gasteiger partial charge in [-0.3, -0.25) is 4.79 Å². The van der Waals surface area contributed by atoms with Crippen molar-refractivity contribution in [1.82, 2.24) is 9.80 Å². The van der Waals surface area contributed by atoms with Gasteiger partial charge in [-0.2, -0.15) is 0 Å². The Kier molecular flexibility index (Phi) is 5.26. The van der Waals surface area contributed by atoms with E-state index in [1.165, 1.54) is 0 Å². The van der Waals surface area contributed by atoms with Crippen molar-refractivity contribution in [3.63, 3.8) is 0 Å². The lowest BCUT2D eigenvalue weighted by molar-refractivity contribution is -0.138. The first-order chi connectivity index (χ1) is 12.3. The van der Waals surface area contributed by atoms with Gasteiger partial charge in [-0.15, -0.1) is 0 Å². The number of nitrogens with zero attached hydrogens (tertiary/aromatic N) is 2. The van der Waals surface area contributed by atoms with Gasteiger partial charge in [-0.05, 0) is 52.0 Å². The van der Waals surface area contributed by atoms with Gasteiger partial charge in [0.05, 0.1) is 5.41 Å². The fraction of sp³-hybridized carbons (Fsp3) is 0.619. The molecule has 0 aliphatic carbocycles. The van der Waals surface area contributed by atoms with Crippen LogP contribution in [-0.4, -0.2) is 53.6 Å². The normalized spacial score (nSPS) is 20.1. The lowest BCUT2D eigenvalue weighted by Gasteiger charge is -2.43. The SMILES string of the molecule is CC(C)(C)OC(=O)N1CCC(C(=O)N2CCCC2)(c2ccccc2)CC1. The number of carbonyl (C=O) groups excluding carboxylic acids is 2. The number of rotatable bonds is 2. The van der Waals surface area contributed by atoms with Gasteiger partial charge in [0.2, 0.25) is 5.91 Å². The molecule has 142 valence electrons. The molecule has 0 aromatic heterocycles. The molecular formula is C21H30N2O3. The molecule has 2 aliphatic heterocycles. The molecule has 5 nitrogen and oxygen atoms in total. The zero-order chi connectivity index (χ0) is 18.8. The summed E-state index contributed by atoms with van der Waals surface area (Å²) in [5.41, 5.74) is 0.0429. The van der Waals surface area contributed by atoms with Gasteiger partial charge in [-0.1, -0.05) is 30.3 Å². The van der Waals surface area contributed by atoms with E-state index in [1.54, 1.807) is 4.90 Å². The van der Waals surface area contributed by atoms with Gasteiger partial charge in [0, 0.05) is 26.2 Å². The largest absolute Gasteiger partial charge is 0.444 e. The minimum atomic E-state index is -0.524. The fourth-order valence-corrected chi connectivity index (χ4v) is 4.00. The van der Waals surface area contributed by atoms with Crippen LogP contribution in [0.15, 0.2) is 30.3 Å². The molecule has 1 aromatic carbocycles. The molecule has 2 saturated heterocycles. The van der Waals surface area contributed by atoms with Crippen LogP contribution in [0, 0.1) is 0 Å². The highest BCUT2D eigenvalue weighted by molar-refractivity contribution is 5.89. The summed E-state index contributed by atoms with van der Waals surface area (Å²) < 4.78 is 5.50. The van der Waals surface area contributed by atoms with Crippen LogP contribution in [0.3, 0.4) is 0 Å². The van der Waals surface area contributed by atoms with E-state index in [-0.39, 0.29) is 12.0 Å². The third-order valence-corrected chi connectivity index (χ3v) is 5.40. The van der Waals surface area contributed by atoms with Gasteiger partial charge in [0.15, 0.2) is 0 Å². The second-order valence-corrected chi connectivity index (χ2v) is 8.41. The van der Waals surface area contributed by atoms with Gasteiger partial charge in [-0.25, -0.2) is 4.79 Å². The summed E-state index contributed by atoms with van der Waals surface area (Å²) in [5.74, 6) is 0.227. The molecule has 2 fully saturated rings. The Labute approximate surface area is 156 Å². The van der Waals surface area contributed by atoms with Crippen molar-refractivity contribution in [2.75, 3.05) is 26.2 Å². The Bertz CT molecular complexity index is 637. The minimum absolute atomic E-state index is 0.227. The Morgan fingerprint density at radius 1 is 0.923 bits per heavy atom. The first-order valence-electron chi connectivity index (χ1n) is 9.65. The van der Waals surface area contributed by atoms with E-state index in [2.05, 4.69) is 12.1 Å². The summed E-state index contributed by atoms with van der Waals surface area (Å²) in [5, 5.41) is 0. The van der Waals surface area contributed by atoms with Crippen molar-refractivity contribution in [3.05, 3.63) is 35.9 Å². The van der Waals surface area contributed by atoms with E-state index < -0.39 is 11.0 Å². The molecular weight excluding hydrogens is 328 g/mol. The Morgan fingerprint density at radius 3 is 2.04 bits per heavy atom. The molecule has 0 radical (unpaired) electrons. The topological polar surface area (TPSA) is 49.9 Å². The number of amides is 2. The average molecular weight is 358 g/mol. The number of hydrogen-bond acceptors (Lipinski definition) is 3. The number of hydrogen-bond donors (Lipinski definition) is 0. The van der Waals surface area contributed by atoms with Crippen LogP contribution in [0.4, 0.5) is 4.79 Å². The van der Waals surface area contributed by atoms with Crippen molar-refractivity contribution in [2.45, 2.75) is 57.5 Å². The average Bonchev–Trinajstić information content (AvgIpc) is 3.15. The lowest BCUT2D eigenvalue weighted by Crippen LogP contribution is -2.54. The quantitative estimate of drug-likeness (QED) is 0.812. The van der Waals surface area contributed by atoms with E-state index >= 15 is 0 Å². The van der Waals surface area contributed by atoms with Gasteiger partial charge >= 0.3 is 6.09 Å². The van der Waals surface area contributed by atoms with Crippen LogP contribution in [-0.2, 0) is 14.9 Å². The first kappa shape index (κ1) is 18.7. The fourth-order valence-electron chi connectivity index (χ4n) is 4.00. The molecule has 2 heterocycles. The molecule has 0 atom stereocenters. The maximum absolute atomic E-state index is 13.4. The summed E-state index contributed by atoms with van der Waals surface area (Å²) in [6, 6.07) is 10.1. The van der Waals surface area contributed by atoms with E-state index in [4.69, 9.17) is 4.74 Å². The smallest absolute Gasteiger partial charge is 0.410 e. The monoisotopic (exact) mass is 358 g/mol. The van der Waals surface area contributed by atoms with Crippen LogP contribution < -0.4 is 0 Å². The second-order valence-electron chi connectivity index (χ2n) is 8.41. The van der Waals surface area contributed by atoms with E-state index in [0.29, 0.717) is 25.9 Å². The molecule has 2 aliphatic rings. The van der Waals surface area contributed by atoms with Crippen molar-refractivity contribution in [1.29, 1.82) is 0 Å². The highest BCUT2D eigenvalue weighted by Gasteiger charge is 2.46. The number of benzene rings is 1. The zero-order valence-electron chi connectivity index (χ0n) is 16.2. The molecule has 2 amide bonds. The van der Waals surface area contributed by atoms with E-state index in [9.17, 15) is 9.59 Å². The summed E-state index contributed by atoms with van der Waals surface area (Å²) >= 11 is 0. The van der Waals surface area contributed by atoms with Crippen LogP contribution >= 0.6 is 0 Å². The zero-order valence-corrected chi connectivity index (χ0v) is 16.2. The predicted molar refractivity (Wildman–Crippen MR) is 101 cm³/mol. The van der Waals surface area contributed by atoms with E-state index in [0.717, 1.165) is 31.5 Å². The third-order valence-electron chi connectivity index (χ3n) is 5.40. The Morgan fingerprint density at radius 2 is 1.50 bits per heavy atom. The molecule has 3 rings (SSSR count). The summed E-state index contributed by atoms with van der Waals surface area (Å²) in [4.78, 5) is 29.6. The van der Waals surface area contributed by atoms with Crippen LogP contribution in [0.5, 0.6) is 0 Å². The molecule has 0 spiro atoms. The van der Waals surface area contributed by atoms with Gasteiger partial charge in [0.25, 0.3) is 0 Å². The third kappa shape index (κ3) is 3.87. The maximum Gasteiger partial charge on any atom is 0.410 e. The molecule has 0 saturated carbocycles. The number of carbonyl (C=O) groups is 2. The van der Waals surface area contributed by atoms with Crippen LogP contribution in [0.1, 0.15) is 52.0 Å². The summed E-state index contributed by atoms with van der Waals surface area (Å²) in [6.07, 6.45) is 3.17. The second kappa shape index (κ2) is 7.29. The number of piperidine rings is 1. The molecule has 0 unspecified atom stereocenters. The summed E-state index contributed by atoms with van der Waals surface area (Å²) in [7, 11) is 0. The highest BCUT2D eigenvalue weighted by atomic mass is 16.6. The molecule has 26 heavy (non-hydrogen) atoms. The molecule has 0 bridgehead atoms. The number of likely N-dealkylation sites (tertiary alicyclic amines) is 2. The maximum atomic E-state index is 13.4. The van der Waals surface area contributed by atoms with Crippen molar-refractivity contribution < 1.29 is 14.3 Å². The number of ether oxygens (including phenoxy) is 1. The Hall–Kier alpha value is -2.04.